The van der Waals surface area contributed by atoms with Crippen molar-refractivity contribution in [3.05, 3.63) is 65.1 Å². The maximum Gasteiger partial charge on any atom is 0.128 e. The highest BCUT2D eigenvalue weighted by atomic mass is 79.9. The highest BCUT2D eigenvalue weighted by Gasteiger charge is 2.17. The smallest absolute Gasteiger partial charge is 0.128 e. The molecule has 4 rings (SSSR count). The Kier molecular flexibility index (Phi) is 3.62. The zero-order valence-electron chi connectivity index (χ0n) is 12.9. The van der Waals surface area contributed by atoms with Crippen molar-refractivity contribution in [3.8, 4) is 34.2 Å². The molecule has 0 saturated carbocycles. The number of aromatic hydroxyl groups is 3. The highest BCUT2D eigenvalue weighted by molar-refractivity contribution is 9.10. The Morgan fingerprint density at radius 3 is 2.20 bits per heavy atom. The van der Waals surface area contributed by atoms with Crippen molar-refractivity contribution in [2.45, 2.75) is 0 Å². The first-order chi connectivity index (χ1) is 12.0. The Balaban J connectivity index is 2.01. The molecule has 6 heteroatoms. The third-order valence-corrected chi connectivity index (χ3v) is 4.50. The van der Waals surface area contributed by atoms with Crippen LogP contribution in [0.5, 0.6) is 17.2 Å². The lowest BCUT2D eigenvalue weighted by molar-refractivity contribution is 0.451. The molecule has 0 aliphatic rings. The molecule has 0 radical (unpaired) electrons. The third kappa shape index (κ3) is 2.70. The van der Waals surface area contributed by atoms with Crippen molar-refractivity contribution < 1.29 is 15.3 Å². The summed E-state index contributed by atoms with van der Waals surface area (Å²) in [6.45, 7) is 0. The third-order valence-electron chi connectivity index (χ3n) is 3.97. The van der Waals surface area contributed by atoms with Crippen LogP contribution < -0.4 is 0 Å². The lowest BCUT2D eigenvalue weighted by Gasteiger charge is -2.04. The number of hydrogen-bond donors (Lipinski definition) is 3. The Hall–Kier alpha value is -2.99. The zero-order chi connectivity index (χ0) is 17.6. The van der Waals surface area contributed by atoms with Crippen molar-refractivity contribution in [3.63, 3.8) is 0 Å². The van der Waals surface area contributed by atoms with Crippen LogP contribution in [-0.2, 0) is 0 Å². The SMILES string of the molecule is Oc1ccc(-c2nn(-c3ccc(Br)cc3)c3cc(O)ccc23)c(O)c1. The van der Waals surface area contributed by atoms with Gasteiger partial charge in [-0.05, 0) is 48.5 Å². The Bertz CT molecular complexity index is 1090. The Labute approximate surface area is 151 Å². The first-order valence-electron chi connectivity index (χ1n) is 7.53. The molecule has 4 aromatic rings. The second-order valence-corrected chi connectivity index (χ2v) is 6.56. The van der Waals surface area contributed by atoms with E-state index in [4.69, 9.17) is 0 Å². The lowest BCUT2D eigenvalue weighted by atomic mass is 10.1. The van der Waals surface area contributed by atoms with Gasteiger partial charge in [0.1, 0.15) is 22.9 Å². The van der Waals surface area contributed by atoms with Crippen LogP contribution in [0.2, 0.25) is 0 Å². The van der Waals surface area contributed by atoms with Crippen molar-refractivity contribution >= 4 is 26.8 Å². The van der Waals surface area contributed by atoms with Crippen molar-refractivity contribution in [2.75, 3.05) is 0 Å². The normalized spacial score (nSPS) is 11.1. The van der Waals surface area contributed by atoms with Crippen molar-refractivity contribution in [2.24, 2.45) is 0 Å². The predicted octanol–water partition coefficient (Wildman–Crippen LogP) is 4.57. The fourth-order valence-corrected chi connectivity index (χ4v) is 3.07. The number of benzene rings is 3. The van der Waals surface area contributed by atoms with Crippen LogP contribution in [0.15, 0.2) is 65.1 Å². The van der Waals surface area contributed by atoms with E-state index < -0.39 is 0 Å². The van der Waals surface area contributed by atoms with Gasteiger partial charge >= 0.3 is 0 Å². The number of halogens is 1. The summed E-state index contributed by atoms with van der Waals surface area (Å²) >= 11 is 3.41. The molecule has 0 unspecified atom stereocenters. The van der Waals surface area contributed by atoms with Gasteiger partial charge < -0.3 is 15.3 Å². The largest absolute Gasteiger partial charge is 0.508 e. The van der Waals surface area contributed by atoms with E-state index in [1.165, 1.54) is 12.1 Å². The van der Waals surface area contributed by atoms with Crippen LogP contribution in [0.3, 0.4) is 0 Å². The van der Waals surface area contributed by atoms with E-state index in [0.717, 1.165) is 15.5 Å². The minimum atomic E-state index is -0.0598. The van der Waals surface area contributed by atoms with E-state index in [9.17, 15) is 15.3 Å². The van der Waals surface area contributed by atoms with Gasteiger partial charge in [0, 0.05) is 27.6 Å². The maximum atomic E-state index is 10.2. The topological polar surface area (TPSA) is 78.5 Å². The van der Waals surface area contributed by atoms with E-state index in [0.29, 0.717) is 16.8 Å². The van der Waals surface area contributed by atoms with E-state index >= 15 is 0 Å². The second-order valence-electron chi connectivity index (χ2n) is 5.64. The molecule has 25 heavy (non-hydrogen) atoms. The summed E-state index contributed by atoms with van der Waals surface area (Å²) in [5.74, 6) is 0.0539. The molecule has 0 aliphatic carbocycles. The summed E-state index contributed by atoms with van der Waals surface area (Å²) in [5, 5.41) is 35.0. The van der Waals surface area contributed by atoms with Gasteiger partial charge in [0.15, 0.2) is 0 Å². The summed E-state index contributed by atoms with van der Waals surface area (Å²) in [7, 11) is 0. The second kappa shape index (κ2) is 5.82. The number of hydrogen-bond acceptors (Lipinski definition) is 4. The van der Waals surface area contributed by atoms with Gasteiger partial charge in [-0.1, -0.05) is 15.9 Å². The molecule has 1 heterocycles. The quantitative estimate of drug-likeness (QED) is 0.463. The van der Waals surface area contributed by atoms with Crippen LogP contribution >= 0.6 is 15.9 Å². The first kappa shape index (κ1) is 15.5. The van der Waals surface area contributed by atoms with Gasteiger partial charge in [0.25, 0.3) is 0 Å². The predicted molar refractivity (Wildman–Crippen MR) is 99.2 cm³/mol. The van der Waals surface area contributed by atoms with Crippen LogP contribution in [0.4, 0.5) is 0 Å². The van der Waals surface area contributed by atoms with Crippen LogP contribution in [0.1, 0.15) is 0 Å². The van der Waals surface area contributed by atoms with Gasteiger partial charge in [-0.2, -0.15) is 5.10 Å². The van der Waals surface area contributed by atoms with Crippen LogP contribution in [0.25, 0.3) is 27.8 Å². The average molecular weight is 397 g/mol. The van der Waals surface area contributed by atoms with Crippen molar-refractivity contribution in [1.82, 2.24) is 9.78 Å². The lowest BCUT2D eigenvalue weighted by Crippen LogP contribution is -1.96. The molecule has 0 atom stereocenters. The molecule has 0 fully saturated rings. The molecule has 124 valence electrons. The Morgan fingerprint density at radius 1 is 0.800 bits per heavy atom. The number of fused-ring (bicyclic) bond motifs is 1. The molecular formula is C19H13BrN2O3. The minimum Gasteiger partial charge on any atom is -0.508 e. The highest BCUT2D eigenvalue weighted by Crippen LogP contribution is 2.37. The number of nitrogens with zero attached hydrogens (tertiary/aromatic N) is 2. The summed E-state index contributed by atoms with van der Waals surface area (Å²) in [6, 6.07) is 17.0. The van der Waals surface area contributed by atoms with Gasteiger partial charge in [0.2, 0.25) is 0 Å². The average Bonchev–Trinajstić information content (AvgIpc) is 2.94. The molecule has 0 spiro atoms. The molecule has 0 amide bonds. The fourth-order valence-electron chi connectivity index (χ4n) is 2.80. The zero-order valence-corrected chi connectivity index (χ0v) is 14.5. The molecule has 0 aliphatic heterocycles. The van der Waals surface area contributed by atoms with Gasteiger partial charge in [-0.3, -0.25) is 0 Å². The van der Waals surface area contributed by atoms with E-state index in [-0.39, 0.29) is 17.2 Å². The maximum absolute atomic E-state index is 10.2. The van der Waals surface area contributed by atoms with E-state index in [1.807, 2.05) is 24.3 Å². The molecule has 5 nitrogen and oxygen atoms in total. The summed E-state index contributed by atoms with van der Waals surface area (Å²) in [6.07, 6.45) is 0. The molecule has 0 saturated heterocycles. The standard InChI is InChI=1S/C19H13BrN2O3/c20-11-1-3-12(4-2-11)22-17-9-13(23)5-7-15(17)19(21-22)16-8-6-14(24)10-18(16)25/h1-10,23-25H. The molecule has 1 aromatic heterocycles. The van der Waals surface area contributed by atoms with Crippen molar-refractivity contribution in [1.29, 1.82) is 0 Å². The number of rotatable bonds is 2. The van der Waals surface area contributed by atoms with Crippen LogP contribution in [-0.4, -0.2) is 25.1 Å². The fraction of sp³-hybridized carbons (Fsp3) is 0. The van der Waals surface area contributed by atoms with Gasteiger partial charge in [-0.25, -0.2) is 4.68 Å². The van der Waals surface area contributed by atoms with Gasteiger partial charge in [0.05, 0.1) is 11.2 Å². The number of phenolic OH excluding ortho intramolecular Hbond substituents is 3. The van der Waals surface area contributed by atoms with E-state index in [1.54, 1.807) is 28.9 Å². The molecular weight excluding hydrogens is 384 g/mol. The molecule has 3 N–H and O–H groups in total. The van der Waals surface area contributed by atoms with Crippen LogP contribution in [0, 0.1) is 0 Å². The summed E-state index contributed by atoms with van der Waals surface area (Å²) < 4.78 is 2.66. The van der Waals surface area contributed by atoms with E-state index in [2.05, 4.69) is 21.0 Å². The number of aromatic nitrogens is 2. The monoisotopic (exact) mass is 396 g/mol. The van der Waals surface area contributed by atoms with Gasteiger partial charge in [-0.15, -0.1) is 0 Å². The summed E-state index contributed by atoms with van der Waals surface area (Å²) in [5.41, 5.74) is 2.60. The first-order valence-corrected chi connectivity index (χ1v) is 8.32. The molecule has 3 aromatic carbocycles. The minimum absolute atomic E-state index is 0.0180. The summed E-state index contributed by atoms with van der Waals surface area (Å²) in [4.78, 5) is 0. The Morgan fingerprint density at radius 2 is 1.48 bits per heavy atom. The molecule has 0 bridgehead atoms. The number of phenols is 3.